The lowest BCUT2D eigenvalue weighted by atomic mass is 10.0. The first-order valence-electron chi connectivity index (χ1n) is 7.60. The van der Waals surface area contributed by atoms with Gasteiger partial charge in [-0.2, -0.15) is 0 Å². The average molecular weight is 314 g/mol. The molecule has 3 aromatic carbocycles. The minimum Gasteiger partial charge on any atom is -0.408 e. The number of nitrogens with zero attached hydrogens (tertiary/aromatic N) is 1. The molecule has 1 heterocycles. The fraction of sp³-hybridized carbons (Fsp3) is 0. The lowest BCUT2D eigenvalue weighted by Crippen LogP contribution is -1.92. The van der Waals surface area contributed by atoms with E-state index >= 15 is 0 Å². The van der Waals surface area contributed by atoms with Crippen LogP contribution in [-0.2, 0) is 0 Å². The van der Waals surface area contributed by atoms with Crippen molar-refractivity contribution in [3.8, 4) is 11.1 Å². The second-order valence-corrected chi connectivity index (χ2v) is 5.44. The third-order valence-electron chi connectivity index (χ3n) is 3.79. The van der Waals surface area contributed by atoms with Crippen LogP contribution in [0.15, 0.2) is 87.0 Å². The summed E-state index contributed by atoms with van der Waals surface area (Å²) < 4.78 is 5.04. The van der Waals surface area contributed by atoms with Gasteiger partial charge < -0.3 is 4.42 Å². The van der Waals surface area contributed by atoms with E-state index in [0.29, 0.717) is 11.1 Å². The summed E-state index contributed by atoms with van der Waals surface area (Å²) in [5.74, 6) is -0.456. The first-order valence-corrected chi connectivity index (χ1v) is 7.60. The van der Waals surface area contributed by atoms with E-state index in [1.807, 2.05) is 36.4 Å². The molecule has 0 radical (unpaired) electrons. The van der Waals surface area contributed by atoms with Crippen LogP contribution in [0.25, 0.3) is 22.2 Å². The van der Waals surface area contributed by atoms with E-state index in [1.165, 1.54) is 11.1 Å². The van der Waals surface area contributed by atoms with Crippen molar-refractivity contribution in [2.75, 3.05) is 0 Å². The van der Waals surface area contributed by atoms with Crippen molar-refractivity contribution in [1.82, 2.24) is 4.98 Å². The monoisotopic (exact) mass is 314 g/mol. The predicted molar refractivity (Wildman–Crippen MR) is 96.0 cm³/mol. The molecule has 4 aromatic rings. The number of oxazole rings is 1. The molecule has 0 atom stereocenters. The molecule has 0 fully saturated rings. The van der Waals surface area contributed by atoms with Gasteiger partial charge in [0.15, 0.2) is 5.58 Å². The zero-order valence-electron chi connectivity index (χ0n) is 12.8. The molecule has 0 aliphatic rings. The van der Waals surface area contributed by atoms with Gasteiger partial charge in [0.1, 0.15) is 0 Å². The maximum Gasteiger partial charge on any atom is 0.417 e. The number of aromatic amines is 1. The van der Waals surface area contributed by atoms with Crippen molar-refractivity contribution in [3.05, 3.63) is 88.9 Å². The Bertz CT molecular complexity index is 1060. The van der Waals surface area contributed by atoms with Gasteiger partial charge in [-0.15, -0.1) is 0 Å². The normalized spacial score (nSPS) is 11.3. The van der Waals surface area contributed by atoms with Gasteiger partial charge in [-0.05, 0) is 28.8 Å². The summed E-state index contributed by atoms with van der Waals surface area (Å²) in [6, 6.07) is 23.8. The zero-order chi connectivity index (χ0) is 16.4. The minimum atomic E-state index is -0.456. The van der Waals surface area contributed by atoms with Crippen molar-refractivity contribution < 1.29 is 4.42 Å². The number of fused-ring (bicyclic) bond motifs is 1. The molecule has 0 aliphatic carbocycles. The maximum absolute atomic E-state index is 11.2. The topological polar surface area (TPSA) is 58.4 Å². The van der Waals surface area contributed by atoms with E-state index in [4.69, 9.17) is 4.42 Å². The SMILES string of the molecule is O=c1[nH]c2ccc(/N=C/c3ccc(-c4ccccc4)cc3)cc2o1. The standard InChI is InChI=1S/C20H14N2O2/c23-20-22-18-11-10-17(12-19(18)24-20)21-13-14-6-8-16(9-7-14)15-4-2-1-3-5-15/h1-13H,(H,22,23)/b21-13+. The summed E-state index contributed by atoms with van der Waals surface area (Å²) in [7, 11) is 0. The van der Waals surface area contributed by atoms with Gasteiger partial charge in [-0.25, -0.2) is 4.79 Å². The number of H-pyrrole nitrogens is 1. The van der Waals surface area contributed by atoms with E-state index in [-0.39, 0.29) is 0 Å². The summed E-state index contributed by atoms with van der Waals surface area (Å²) in [5.41, 5.74) is 5.28. The second-order valence-electron chi connectivity index (χ2n) is 5.44. The molecule has 0 saturated carbocycles. The number of benzene rings is 3. The Morgan fingerprint density at radius 2 is 1.62 bits per heavy atom. The Morgan fingerprint density at radius 1 is 0.875 bits per heavy atom. The van der Waals surface area contributed by atoms with Gasteiger partial charge >= 0.3 is 5.76 Å². The van der Waals surface area contributed by atoms with Gasteiger partial charge in [-0.3, -0.25) is 9.98 Å². The van der Waals surface area contributed by atoms with Crippen LogP contribution in [-0.4, -0.2) is 11.2 Å². The van der Waals surface area contributed by atoms with E-state index < -0.39 is 5.76 Å². The van der Waals surface area contributed by atoms with Crippen LogP contribution in [0.4, 0.5) is 5.69 Å². The Balaban J connectivity index is 1.57. The number of hydrogen-bond donors (Lipinski definition) is 1. The highest BCUT2D eigenvalue weighted by molar-refractivity contribution is 5.84. The predicted octanol–water partition coefficient (Wildman–Crippen LogP) is 4.54. The molecule has 1 N–H and O–H groups in total. The summed E-state index contributed by atoms with van der Waals surface area (Å²) in [6.45, 7) is 0. The van der Waals surface area contributed by atoms with Crippen molar-refractivity contribution in [1.29, 1.82) is 0 Å². The van der Waals surface area contributed by atoms with Crippen LogP contribution in [0.5, 0.6) is 0 Å². The molecule has 0 saturated heterocycles. The van der Waals surface area contributed by atoms with Gasteiger partial charge in [0, 0.05) is 12.3 Å². The van der Waals surface area contributed by atoms with Crippen molar-refractivity contribution in [3.63, 3.8) is 0 Å². The smallest absolute Gasteiger partial charge is 0.408 e. The third kappa shape index (κ3) is 2.90. The number of rotatable bonds is 3. The zero-order valence-corrected chi connectivity index (χ0v) is 12.8. The highest BCUT2D eigenvalue weighted by Gasteiger charge is 2.01. The Kier molecular flexibility index (Phi) is 3.56. The van der Waals surface area contributed by atoms with Gasteiger partial charge in [0.05, 0.1) is 11.2 Å². The Morgan fingerprint density at radius 3 is 2.42 bits per heavy atom. The molecule has 4 nitrogen and oxygen atoms in total. The van der Waals surface area contributed by atoms with Gasteiger partial charge in [-0.1, -0.05) is 54.6 Å². The van der Waals surface area contributed by atoms with Crippen LogP contribution in [0, 0.1) is 0 Å². The fourth-order valence-corrected chi connectivity index (χ4v) is 2.56. The highest BCUT2D eigenvalue weighted by atomic mass is 16.4. The number of aliphatic imine (C=N–C) groups is 1. The molecule has 0 unspecified atom stereocenters. The molecule has 0 amide bonds. The van der Waals surface area contributed by atoms with Crippen molar-refractivity contribution >= 4 is 23.0 Å². The summed E-state index contributed by atoms with van der Waals surface area (Å²) in [4.78, 5) is 18.2. The van der Waals surface area contributed by atoms with E-state index in [9.17, 15) is 4.79 Å². The molecular weight excluding hydrogens is 300 g/mol. The van der Waals surface area contributed by atoms with Crippen LogP contribution in [0.2, 0.25) is 0 Å². The van der Waals surface area contributed by atoms with Crippen molar-refractivity contribution in [2.24, 2.45) is 4.99 Å². The molecule has 116 valence electrons. The fourth-order valence-electron chi connectivity index (χ4n) is 2.56. The summed E-state index contributed by atoms with van der Waals surface area (Å²) >= 11 is 0. The van der Waals surface area contributed by atoms with E-state index in [1.54, 1.807) is 18.3 Å². The van der Waals surface area contributed by atoms with Crippen molar-refractivity contribution in [2.45, 2.75) is 0 Å². The molecular formula is C20H14N2O2. The molecule has 1 aromatic heterocycles. The molecule has 0 aliphatic heterocycles. The number of aromatic nitrogens is 1. The lowest BCUT2D eigenvalue weighted by molar-refractivity contribution is 0.555. The van der Waals surface area contributed by atoms with Gasteiger partial charge in [0.2, 0.25) is 0 Å². The average Bonchev–Trinajstić information content (AvgIpc) is 3.00. The largest absolute Gasteiger partial charge is 0.417 e. The van der Waals surface area contributed by atoms with E-state index in [0.717, 1.165) is 11.3 Å². The lowest BCUT2D eigenvalue weighted by Gasteiger charge is -2.01. The molecule has 24 heavy (non-hydrogen) atoms. The highest BCUT2D eigenvalue weighted by Crippen LogP contribution is 2.20. The maximum atomic E-state index is 11.2. The Hall–Kier alpha value is -3.40. The van der Waals surface area contributed by atoms with Crippen LogP contribution < -0.4 is 5.76 Å². The number of hydrogen-bond acceptors (Lipinski definition) is 3. The third-order valence-corrected chi connectivity index (χ3v) is 3.79. The van der Waals surface area contributed by atoms with Gasteiger partial charge in [0.25, 0.3) is 0 Å². The number of nitrogens with one attached hydrogen (secondary N) is 1. The Labute approximate surface area is 138 Å². The molecule has 0 bridgehead atoms. The molecule has 4 rings (SSSR count). The van der Waals surface area contributed by atoms with Crippen LogP contribution in [0.3, 0.4) is 0 Å². The second kappa shape index (κ2) is 6.01. The molecule has 4 heteroatoms. The van der Waals surface area contributed by atoms with Crippen LogP contribution >= 0.6 is 0 Å². The first-order chi connectivity index (χ1) is 11.8. The quantitative estimate of drug-likeness (QED) is 0.564. The summed E-state index contributed by atoms with van der Waals surface area (Å²) in [5, 5.41) is 0. The molecule has 0 spiro atoms. The first kappa shape index (κ1) is 14.2. The van der Waals surface area contributed by atoms with Crippen LogP contribution in [0.1, 0.15) is 5.56 Å². The minimum absolute atomic E-state index is 0.456. The summed E-state index contributed by atoms with van der Waals surface area (Å²) in [6.07, 6.45) is 1.79. The van der Waals surface area contributed by atoms with E-state index in [2.05, 4.69) is 34.2 Å².